The van der Waals surface area contributed by atoms with Crippen LogP contribution in [0.1, 0.15) is 240 Å². The molecule has 0 aromatic heterocycles. The van der Waals surface area contributed by atoms with Crippen molar-refractivity contribution in [3.63, 3.8) is 0 Å². The van der Waals surface area contributed by atoms with Gasteiger partial charge in [-0.15, -0.1) is 0 Å². The molecule has 0 saturated carbocycles. The molecule has 0 aromatic rings. The van der Waals surface area contributed by atoms with Crippen LogP contribution in [0.3, 0.4) is 0 Å². The van der Waals surface area contributed by atoms with Crippen LogP contribution in [0.5, 0.6) is 0 Å². The van der Waals surface area contributed by atoms with Gasteiger partial charge in [0.2, 0.25) is 0 Å². The standard InChI is InChI=1S/C49H101NO6Si/c1-7-11-15-19-22-28-38-47(37-27-18-14-10-4)49(52)54-45-35-25-23-30-40-50(42-32-33-43-51)41-31-26-36-46-55-57(5,6)56-48(39-29-21-17-13-9-3)53-44-34-24-20-16-12-8-2/h47-48,51H,7-46H2,1-6H3. The molecule has 2 atom stereocenters. The van der Waals surface area contributed by atoms with Gasteiger partial charge in [0.25, 0.3) is 0 Å². The molecule has 57 heavy (non-hydrogen) atoms. The minimum Gasteiger partial charge on any atom is -0.465 e. The van der Waals surface area contributed by atoms with Gasteiger partial charge in [0.1, 0.15) is 6.29 Å². The van der Waals surface area contributed by atoms with E-state index in [9.17, 15) is 9.90 Å². The Bertz CT molecular complexity index is 817. The Kier molecular flexibility index (Phi) is 43.2. The first-order chi connectivity index (χ1) is 27.8. The lowest BCUT2D eigenvalue weighted by molar-refractivity contribution is -0.149. The molecular weight excluding hydrogens is 727 g/mol. The third-order valence-electron chi connectivity index (χ3n) is 11.5. The van der Waals surface area contributed by atoms with Crippen LogP contribution in [0.15, 0.2) is 0 Å². The zero-order valence-electron chi connectivity index (χ0n) is 39.4. The van der Waals surface area contributed by atoms with Crippen LogP contribution in [0.2, 0.25) is 13.1 Å². The highest BCUT2D eigenvalue weighted by Gasteiger charge is 2.29. The minimum atomic E-state index is -2.28. The molecular formula is C49H101NO6Si. The fourth-order valence-electron chi connectivity index (χ4n) is 7.70. The first-order valence-corrected chi connectivity index (χ1v) is 28.1. The van der Waals surface area contributed by atoms with Gasteiger partial charge >= 0.3 is 14.5 Å². The number of hydrogen-bond acceptors (Lipinski definition) is 7. The van der Waals surface area contributed by atoms with E-state index in [0.717, 1.165) is 116 Å². The third-order valence-corrected chi connectivity index (χ3v) is 13.2. The van der Waals surface area contributed by atoms with Crippen molar-refractivity contribution < 1.29 is 28.2 Å². The number of unbranched alkanes of at least 4 members (excludes halogenated alkanes) is 23. The monoisotopic (exact) mass is 828 g/mol. The molecule has 0 aromatic carbocycles. The molecule has 0 saturated heterocycles. The molecule has 0 amide bonds. The Labute approximate surface area is 357 Å². The summed E-state index contributed by atoms with van der Waals surface area (Å²) in [4.78, 5) is 15.6. The molecule has 7 nitrogen and oxygen atoms in total. The second kappa shape index (κ2) is 43.6. The molecule has 0 aliphatic carbocycles. The number of aliphatic hydroxyl groups is 1. The van der Waals surface area contributed by atoms with E-state index in [1.165, 1.54) is 128 Å². The predicted octanol–water partition coefficient (Wildman–Crippen LogP) is 14.5. The van der Waals surface area contributed by atoms with Gasteiger partial charge in [-0.2, -0.15) is 0 Å². The zero-order chi connectivity index (χ0) is 41.9. The summed E-state index contributed by atoms with van der Waals surface area (Å²) in [6.07, 6.45) is 39.0. The van der Waals surface area contributed by atoms with Crippen LogP contribution in [0, 0.1) is 5.92 Å². The number of carbonyl (C=O) groups is 1. The number of hydrogen-bond donors (Lipinski definition) is 1. The Balaban J connectivity index is 4.50. The maximum absolute atomic E-state index is 13.0. The quantitative estimate of drug-likeness (QED) is 0.0283. The number of rotatable bonds is 47. The van der Waals surface area contributed by atoms with E-state index >= 15 is 0 Å². The van der Waals surface area contributed by atoms with Crippen LogP contribution in [-0.2, 0) is 23.1 Å². The van der Waals surface area contributed by atoms with Crippen molar-refractivity contribution in [2.24, 2.45) is 5.92 Å². The van der Waals surface area contributed by atoms with Gasteiger partial charge in [0.05, 0.1) is 12.5 Å². The van der Waals surface area contributed by atoms with E-state index in [0.29, 0.717) is 6.61 Å². The molecule has 0 aliphatic rings. The first-order valence-electron chi connectivity index (χ1n) is 25.3. The maximum atomic E-state index is 13.0. The Morgan fingerprint density at radius 1 is 0.491 bits per heavy atom. The molecule has 0 spiro atoms. The normalized spacial score (nSPS) is 13.1. The number of carbonyl (C=O) groups excluding carboxylic acids is 1. The van der Waals surface area contributed by atoms with E-state index in [1.807, 2.05) is 0 Å². The summed E-state index contributed by atoms with van der Waals surface area (Å²) < 4.78 is 25.2. The van der Waals surface area contributed by atoms with Crippen LogP contribution in [-0.4, -0.2) is 76.9 Å². The van der Waals surface area contributed by atoms with Crippen LogP contribution >= 0.6 is 0 Å². The summed E-state index contributed by atoms with van der Waals surface area (Å²) in [5.74, 6) is 0.152. The molecule has 0 fully saturated rings. The van der Waals surface area contributed by atoms with Crippen LogP contribution < -0.4 is 0 Å². The Hall–Kier alpha value is -0.513. The van der Waals surface area contributed by atoms with E-state index in [2.05, 4.69) is 45.7 Å². The highest BCUT2D eigenvalue weighted by molar-refractivity contribution is 6.64. The first kappa shape index (κ1) is 56.5. The molecule has 342 valence electrons. The summed E-state index contributed by atoms with van der Waals surface area (Å²) in [5.41, 5.74) is 0. The van der Waals surface area contributed by atoms with Crippen LogP contribution in [0.4, 0.5) is 0 Å². The second-order valence-electron chi connectivity index (χ2n) is 17.7. The zero-order valence-corrected chi connectivity index (χ0v) is 40.4. The van der Waals surface area contributed by atoms with Gasteiger partial charge in [-0.1, -0.05) is 163 Å². The molecule has 8 heteroatoms. The summed E-state index contributed by atoms with van der Waals surface area (Å²) in [5, 5.41) is 9.37. The van der Waals surface area contributed by atoms with Crippen molar-refractivity contribution in [2.75, 3.05) is 46.1 Å². The fourth-order valence-corrected chi connectivity index (χ4v) is 9.23. The van der Waals surface area contributed by atoms with Gasteiger partial charge in [0, 0.05) is 19.8 Å². The van der Waals surface area contributed by atoms with Gasteiger partial charge in [-0.05, 0) is 110 Å². The summed E-state index contributed by atoms with van der Waals surface area (Å²) in [6, 6.07) is 0. The van der Waals surface area contributed by atoms with Crippen LogP contribution in [0.25, 0.3) is 0 Å². The van der Waals surface area contributed by atoms with E-state index in [4.69, 9.17) is 18.3 Å². The van der Waals surface area contributed by atoms with E-state index in [-0.39, 0.29) is 24.8 Å². The van der Waals surface area contributed by atoms with Crippen molar-refractivity contribution in [3.05, 3.63) is 0 Å². The molecule has 0 bridgehead atoms. The summed E-state index contributed by atoms with van der Waals surface area (Å²) in [7, 11) is -2.28. The Morgan fingerprint density at radius 3 is 1.44 bits per heavy atom. The topological polar surface area (TPSA) is 77.5 Å². The summed E-state index contributed by atoms with van der Waals surface area (Å²) >= 11 is 0. The van der Waals surface area contributed by atoms with Gasteiger partial charge in [-0.25, -0.2) is 0 Å². The maximum Gasteiger partial charge on any atom is 0.333 e. The van der Waals surface area contributed by atoms with Crippen molar-refractivity contribution in [3.8, 4) is 0 Å². The lowest BCUT2D eigenvalue weighted by Gasteiger charge is -2.29. The Morgan fingerprint density at radius 2 is 0.895 bits per heavy atom. The number of esters is 1. The number of ether oxygens (including phenoxy) is 2. The number of nitrogens with zero attached hydrogens (tertiary/aromatic N) is 1. The second-order valence-corrected chi connectivity index (χ2v) is 21.0. The highest BCUT2D eigenvalue weighted by Crippen LogP contribution is 2.22. The molecule has 1 N–H and O–H groups in total. The smallest absolute Gasteiger partial charge is 0.333 e. The molecule has 0 radical (unpaired) electrons. The van der Waals surface area contributed by atoms with Crippen molar-refractivity contribution in [2.45, 2.75) is 259 Å². The molecule has 0 aliphatic heterocycles. The van der Waals surface area contributed by atoms with E-state index in [1.54, 1.807) is 0 Å². The lowest BCUT2D eigenvalue weighted by atomic mass is 9.94. The average Bonchev–Trinajstić information content (AvgIpc) is 3.19. The minimum absolute atomic E-state index is 0.0594. The predicted molar refractivity (Wildman–Crippen MR) is 247 cm³/mol. The molecule has 0 rings (SSSR count). The van der Waals surface area contributed by atoms with Crippen molar-refractivity contribution in [1.82, 2.24) is 4.90 Å². The third kappa shape index (κ3) is 39.4. The molecule has 2 unspecified atom stereocenters. The number of aliphatic hydroxyl groups excluding tert-OH is 1. The molecule has 0 heterocycles. The summed E-state index contributed by atoms with van der Waals surface area (Å²) in [6.45, 7) is 19.1. The average molecular weight is 828 g/mol. The highest BCUT2D eigenvalue weighted by atomic mass is 28.4. The fraction of sp³-hybridized carbons (Fsp3) is 0.980. The lowest BCUT2D eigenvalue weighted by Crippen LogP contribution is -2.40. The largest absolute Gasteiger partial charge is 0.465 e. The van der Waals surface area contributed by atoms with Gasteiger partial charge in [-0.3, -0.25) is 4.79 Å². The van der Waals surface area contributed by atoms with Crippen molar-refractivity contribution >= 4 is 14.5 Å². The van der Waals surface area contributed by atoms with Gasteiger partial charge < -0.3 is 28.3 Å². The van der Waals surface area contributed by atoms with Gasteiger partial charge in [0.15, 0.2) is 0 Å². The SMILES string of the molecule is CCCCCCCCOC(CCCCCCC)O[Si](C)(C)OCCCCCN(CCCCO)CCCCCCOC(=O)C(CCCCCC)CCCCCCCC. The van der Waals surface area contributed by atoms with Crippen molar-refractivity contribution in [1.29, 1.82) is 0 Å². The van der Waals surface area contributed by atoms with E-state index < -0.39 is 8.56 Å².